The van der Waals surface area contributed by atoms with Gasteiger partial charge in [-0.3, -0.25) is 0 Å². The van der Waals surface area contributed by atoms with Gasteiger partial charge in [-0.25, -0.2) is 0 Å². The van der Waals surface area contributed by atoms with Crippen LogP contribution in [0.15, 0.2) is 54.6 Å². The quantitative estimate of drug-likeness (QED) is 0.781. The Morgan fingerprint density at radius 1 is 1.00 bits per heavy atom. The maximum Gasteiger partial charge on any atom is 0.109 e. The van der Waals surface area contributed by atoms with E-state index in [1.807, 2.05) is 18.2 Å². The highest BCUT2D eigenvalue weighted by Gasteiger charge is 2.36. The van der Waals surface area contributed by atoms with Gasteiger partial charge in [0.15, 0.2) is 0 Å². The molecule has 2 aromatic rings. The number of nitriles is 1. The van der Waals surface area contributed by atoms with Gasteiger partial charge in [0.2, 0.25) is 0 Å². The molecule has 2 aromatic carbocycles. The molecule has 3 rings (SSSR count). The van der Waals surface area contributed by atoms with Gasteiger partial charge in [0.25, 0.3) is 0 Å². The van der Waals surface area contributed by atoms with Gasteiger partial charge in [0, 0.05) is 6.54 Å². The van der Waals surface area contributed by atoms with Crippen LogP contribution >= 0.6 is 0 Å². The molecule has 124 valence electrons. The molecule has 0 amide bonds. The first-order chi connectivity index (χ1) is 11.8. The Morgan fingerprint density at radius 2 is 1.67 bits per heavy atom. The second-order valence-electron chi connectivity index (χ2n) is 6.69. The van der Waals surface area contributed by atoms with Crippen LogP contribution in [0.3, 0.4) is 0 Å². The van der Waals surface area contributed by atoms with E-state index in [9.17, 15) is 5.26 Å². The fourth-order valence-electron chi connectivity index (χ4n) is 3.91. The molecule has 24 heavy (non-hydrogen) atoms. The van der Waals surface area contributed by atoms with E-state index in [1.165, 1.54) is 37.1 Å². The number of hydrogen-bond acceptors (Lipinski definition) is 2. The monoisotopic (exact) mass is 318 g/mol. The van der Waals surface area contributed by atoms with Crippen LogP contribution in [-0.4, -0.2) is 24.5 Å². The molecule has 0 bridgehead atoms. The third kappa shape index (κ3) is 3.23. The number of aryl methyl sites for hydroxylation is 1. The summed E-state index contributed by atoms with van der Waals surface area (Å²) < 4.78 is 0. The van der Waals surface area contributed by atoms with Crippen molar-refractivity contribution in [1.29, 1.82) is 5.26 Å². The Kier molecular flexibility index (Phi) is 5.33. The second kappa shape index (κ2) is 7.64. The van der Waals surface area contributed by atoms with Crippen molar-refractivity contribution in [3.05, 3.63) is 71.3 Å². The van der Waals surface area contributed by atoms with Gasteiger partial charge >= 0.3 is 0 Å². The van der Waals surface area contributed by atoms with Gasteiger partial charge in [-0.05, 0) is 55.5 Å². The number of likely N-dealkylation sites (tertiary alicyclic amines) is 1. The Hall–Kier alpha value is -2.11. The van der Waals surface area contributed by atoms with Crippen LogP contribution in [-0.2, 0) is 11.8 Å². The number of hydrogen-bond donors (Lipinski definition) is 0. The van der Waals surface area contributed by atoms with Crippen LogP contribution in [0, 0.1) is 11.3 Å². The lowest BCUT2D eigenvalue weighted by Crippen LogP contribution is -2.33. The molecule has 0 N–H and O–H groups in total. The van der Waals surface area contributed by atoms with Crippen LogP contribution < -0.4 is 0 Å². The zero-order valence-corrected chi connectivity index (χ0v) is 14.5. The summed E-state index contributed by atoms with van der Waals surface area (Å²) in [6.45, 7) is 5.50. The first kappa shape index (κ1) is 16.7. The summed E-state index contributed by atoms with van der Waals surface area (Å²) in [6.07, 6.45) is 4.38. The van der Waals surface area contributed by atoms with Crippen LogP contribution in [0.1, 0.15) is 42.9 Å². The van der Waals surface area contributed by atoms with Crippen LogP contribution in [0.4, 0.5) is 0 Å². The zero-order chi connectivity index (χ0) is 16.8. The molecule has 1 aliphatic rings. The average molecular weight is 318 g/mol. The van der Waals surface area contributed by atoms with Gasteiger partial charge in [-0.15, -0.1) is 0 Å². The van der Waals surface area contributed by atoms with Crippen molar-refractivity contribution < 1.29 is 0 Å². The summed E-state index contributed by atoms with van der Waals surface area (Å²) in [7, 11) is 0. The molecule has 0 spiro atoms. The van der Waals surface area contributed by atoms with Crippen molar-refractivity contribution in [1.82, 2.24) is 4.90 Å². The van der Waals surface area contributed by atoms with E-state index in [1.54, 1.807) is 0 Å². The third-order valence-corrected chi connectivity index (χ3v) is 5.32. The van der Waals surface area contributed by atoms with E-state index < -0.39 is 5.41 Å². The minimum Gasteiger partial charge on any atom is -0.303 e. The topological polar surface area (TPSA) is 27.0 Å². The van der Waals surface area contributed by atoms with E-state index in [4.69, 9.17) is 0 Å². The summed E-state index contributed by atoms with van der Waals surface area (Å²) in [4.78, 5) is 2.50. The molecule has 0 saturated carbocycles. The normalized spacial score (nSPS) is 17.3. The fraction of sp³-hybridized carbons (Fsp3) is 0.409. The number of nitrogens with zero attached hydrogens (tertiary/aromatic N) is 2. The van der Waals surface area contributed by atoms with E-state index in [0.29, 0.717) is 0 Å². The maximum absolute atomic E-state index is 10.3. The molecule has 1 fully saturated rings. The predicted molar refractivity (Wildman–Crippen MR) is 98.9 cm³/mol. The second-order valence-corrected chi connectivity index (χ2v) is 6.69. The maximum atomic E-state index is 10.3. The SMILES string of the molecule is CCc1ccccc1C(C#N)(CCN1CCCC1)c1ccccc1. The minimum absolute atomic E-state index is 0.559. The summed E-state index contributed by atoms with van der Waals surface area (Å²) in [5.74, 6) is 0. The lowest BCUT2D eigenvalue weighted by atomic mass is 9.71. The minimum atomic E-state index is -0.559. The molecule has 0 aliphatic carbocycles. The van der Waals surface area contributed by atoms with Crippen molar-refractivity contribution in [3.8, 4) is 6.07 Å². The van der Waals surface area contributed by atoms with Crippen molar-refractivity contribution in [2.75, 3.05) is 19.6 Å². The molecule has 1 heterocycles. The van der Waals surface area contributed by atoms with Gasteiger partial charge in [0.1, 0.15) is 5.41 Å². The lowest BCUT2D eigenvalue weighted by Gasteiger charge is -2.31. The van der Waals surface area contributed by atoms with Crippen LogP contribution in [0.5, 0.6) is 0 Å². The van der Waals surface area contributed by atoms with Crippen molar-refractivity contribution in [2.24, 2.45) is 0 Å². The van der Waals surface area contributed by atoms with Crippen LogP contribution in [0.25, 0.3) is 0 Å². The lowest BCUT2D eigenvalue weighted by molar-refractivity contribution is 0.314. The molecular weight excluding hydrogens is 292 g/mol. The molecular formula is C22H26N2. The third-order valence-electron chi connectivity index (χ3n) is 5.32. The van der Waals surface area contributed by atoms with E-state index in [2.05, 4.69) is 54.3 Å². The first-order valence-corrected chi connectivity index (χ1v) is 9.07. The van der Waals surface area contributed by atoms with E-state index in [0.717, 1.165) is 24.9 Å². The molecule has 1 aliphatic heterocycles. The van der Waals surface area contributed by atoms with Gasteiger partial charge in [0.05, 0.1) is 6.07 Å². The van der Waals surface area contributed by atoms with Gasteiger partial charge in [-0.1, -0.05) is 61.5 Å². The summed E-state index contributed by atoms with van der Waals surface area (Å²) in [6, 6.07) is 21.5. The predicted octanol–water partition coefficient (Wildman–Crippen LogP) is 4.54. The van der Waals surface area contributed by atoms with Gasteiger partial charge < -0.3 is 4.90 Å². The highest BCUT2D eigenvalue weighted by molar-refractivity contribution is 5.49. The summed E-state index contributed by atoms with van der Waals surface area (Å²) in [5, 5.41) is 10.3. The number of rotatable bonds is 6. The smallest absolute Gasteiger partial charge is 0.109 e. The highest BCUT2D eigenvalue weighted by atomic mass is 15.1. The first-order valence-electron chi connectivity index (χ1n) is 9.07. The standard InChI is InChI=1S/C22H26N2/c1-2-19-10-6-7-13-21(19)22(18-23,20-11-4-3-5-12-20)14-17-24-15-8-9-16-24/h3-7,10-13H,2,8-9,14-17H2,1H3. The molecule has 0 radical (unpaired) electrons. The average Bonchev–Trinajstić information content (AvgIpc) is 3.17. The van der Waals surface area contributed by atoms with E-state index in [-0.39, 0.29) is 0 Å². The Balaban J connectivity index is 2.03. The number of benzene rings is 2. The highest BCUT2D eigenvalue weighted by Crippen LogP contribution is 2.37. The molecule has 1 saturated heterocycles. The Morgan fingerprint density at radius 3 is 2.33 bits per heavy atom. The van der Waals surface area contributed by atoms with Crippen molar-refractivity contribution in [3.63, 3.8) is 0 Å². The molecule has 2 heteroatoms. The van der Waals surface area contributed by atoms with Crippen molar-refractivity contribution >= 4 is 0 Å². The van der Waals surface area contributed by atoms with E-state index >= 15 is 0 Å². The van der Waals surface area contributed by atoms with Crippen LogP contribution in [0.2, 0.25) is 0 Å². The zero-order valence-electron chi connectivity index (χ0n) is 14.5. The largest absolute Gasteiger partial charge is 0.303 e. The molecule has 1 unspecified atom stereocenters. The summed E-state index contributed by atoms with van der Waals surface area (Å²) >= 11 is 0. The van der Waals surface area contributed by atoms with Crippen molar-refractivity contribution in [2.45, 2.75) is 38.0 Å². The van der Waals surface area contributed by atoms with Gasteiger partial charge in [-0.2, -0.15) is 5.26 Å². The molecule has 0 aromatic heterocycles. The Labute approximate surface area is 145 Å². The Bertz CT molecular complexity index is 695. The molecule has 2 nitrogen and oxygen atoms in total. The summed E-state index contributed by atoms with van der Waals surface area (Å²) in [5.41, 5.74) is 3.02. The fourth-order valence-corrected chi connectivity index (χ4v) is 3.91. The molecule has 1 atom stereocenters.